The van der Waals surface area contributed by atoms with Crippen molar-refractivity contribution in [2.75, 3.05) is 56.8 Å². The van der Waals surface area contributed by atoms with Crippen molar-refractivity contribution in [3.8, 4) is 22.6 Å². The van der Waals surface area contributed by atoms with Crippen LogP contribution in [-0.2, 0) is 13.0 Å². The van der Waals surface area contributed by atoms with Crippen molar-refractivity contribution < 1.29 is 28.2 Å². The smallest absolute Gasteiger partial charge is 0.341 e. The average molecular weight is 698 g/mol. The molecule has 14 heteroatoms. The van der Waals surface area contributed by atoms with Crippen LogP contribution in [0.15, 0.2) is 59.7 Å². The second-order valence-corrected chi connectivity index (χ2v) is 12.9. The summed E-state index contributed by atoms with van der Waals surface area (Å²) in [5, 5.41) is 9.26. The van der Waals surface area contributed by atoms with Gasteiger partial charge in [0.1, 0.15) is 22.9 Å². The van der Waals surface area contributed by atoms with Gasteiger partial charge in [-0.25, -0.2) is 18.6 Å². The Morgan fingerprint density at radius 2 is 1.73 bits per heavy atom. The van der Waals surface area contributed by atoms with Crippen LogP contribution in [0.1, 0.15) is 45.9 Å². The Balaban J connectivity index is 1.08. The third-order valence-electron chi connectivity index (χ3n) is 9.56. The fourth-order valence-corrected chi connectivity index (χ4v) is 6.82. The second-order valence-electron chi connectivity index (χ2n) is 12.9. The molecule has 1 aliphatic heterocycles. The normalized spacial score (nSPS) is 14.9. The molecule has 1 aliphatic carbocycles. The van der Waals surface area contributed by atoms with E-state index in [-0.39, 0.29) is 28.6 Å². The third kappa shape index (κ3) is 6.50. The van der Waals surface area contributed by atoms with Crippen molar-refractivity contribution in [1.82, 2.24) is 19.4 Å². The molecule has 1 saturated heterocycles. The number of nitrogens with zero attached hydrogens (tertiary/aromatic N) is 5. The molecule has 5 N–H and O–H groups in total. The van der Waals surface area contributed by atoms with Crippen molar-refractivity contribution >= 4 is 34.3 Å². The van der Waals surface area contributed by atoms with Gasteiger partial charge in [-0.15, -0.1) is 0 Å². The summed E-state index contributed by atoms with van der Waals surface area (Å²) < 4.78 is 44.5. The van der Waals surface area contributed by atoms with Gasteiger partial charge >= 0.3 is 5.97 Å². The summed E-state index contributed by atoms with van der Waals surface area (Å²) in [7, 11) is 3.18. The van der Waals surface area contributed by atoms with Gasteiger partial charge in [-0.2, -0.15) is 4.98 Å². The molecule has 0 unspecified atom stereocenters. The van der Waals surface area contributed by atoms with Gasteiger partial charge in [0.25, 0.3) is 0 Å². The SMILES string of the molecule is COc1cc(Cc2cnc(N)nc2N)cc(-c2ccc(CN3CCN(c4c(F)cc5c(=O)c(C(=O)O)cn(C6CC6)c5c4F)CC3)cc2)c1OC. The van der Waals surface area contributed by atoms with Gasteiger partial charge < -0.3 is 35.5 Å². The van der Waals surface area contributed by atoms with E-state index in [1.54, 1.807) is 25.3 Å². The largest absolute Gasteiger partial charge is 0.493 e. The van der Waals surface area contributed by atoms with Crippen LogP contribution in [0.3, 0.4) is 0 Å². The predicted octanol–water partition coefficient (Wildman–Crippen LogP) is 4.86. The van der Waals surface area contributed by atoms with E-state index >= 15 is 8.78 Å². The molecule has 5 aromatic rings. The Morgan fingerprint density at radius 3 is 2.35 bits per heavy atom. The zero-order valence-corrected chi connectivity index (χ0v) is 28.2. The molecule has 7 rings (SSSR count). The maximum atomic E-state index is 16.1. The van der Waals surface area contributed by atoms with Gasteiger partial charge in [-0.3, -0.25) is 9.69 Å². The highest BCUT2D eigenvalue weighted by Gasteiger charge is 2.32. The molecule has 0 atom stereocenters. The number of carbonyl (C=O) groups is 1. The van der Waals surface area contributed by atoms with E-state index in [2.05, 4.69) is 14.9 Å². The number of fused-ring (bicyclic) bond motifs is 1. The lowest BCUT2D eigenvalue weighted by molar-refractivity contribution is 0.0694. The molecule has 0 radical (unpaired) electrons. The number of hydrogen-bond acceptors (Lipinski definition) is 10. The van der Waals surface area contributed by atoms with Gasteiger partial charge in [-0.05, 0) is 47.7 Å². The molecule has 0 amide bonds. The zero-order valence-electron chi connectivity index (χ0n) is 28.2. The molecular weight excluding hydrogens is 660 g/mol. The van der Waals surface area contributed by atoms with Crippen LogP contribution in [0.4, 0.5) is 26.2 Å². The quantitative estimate of drug-likeness (QED) is 0.183. The van der Waals surface area contributed by atoms with Crippen LogP contribution in [0.2, 0.25) is 0 Å². The molecule has 264 valence electrons. The van der Waals surface area contributed by atoms with E-state index in [1.807, 2.05) is 36.4 Å². The lowest BCUT2D eigenvalue weighted by Gasteiger charge is -2.36. The summed E-state index contributed by atoms with van der Waals surface area (Å²) >= 11 is 0. The molecule has 3 heterocycles. The van der Waals surface area contributed by atoms with E-state index in [4.69, 9.17) is 20.9 Å². The number of carboxylic acid groups (broad SMARTS) is 1. The molecule has 2 fully saturated rings. The summed E-state index contributed by atoms with van der Waals surface area (Å²) in [5.41, 5.74) is 14.6. The third-order valence-corrected chi connectivity index (χ3v) is 9.56. The topological polar surface area (TPSA) is 162 Å². The molecule has 1 saturated carbocycles. The monoisotopic (exact) mass is 697 g/mol. The van der Waals surface area contributed by atoms with E-state index in [0.29, 0.717) is 56.5 Å². The number of hydrogen-bond donors (Lipinski definition) is 3. The highest BCUT2D eigenvalue weighted by atomic mass is 19.1. The minimum Gasteiger partial charge on any atom is -0.493 e. The number of rotatable bonds is 10. The van der Waals surface area contributed by atoms with Gasteiger partial charge in [0.15, 0.2) is 17.3 Å². The number of pyridine rings is 1. The van der Waals surface area contributed by atoms with Crippen LogP contribution in [-0.4, -0.2) is 70.9 Å². The number of methoxy groups -OCH3 is 2. The number of ether oxygens (including phenoxy) is 2. The van der Waals surface area contributed by atoms with Crippen LogP contribution in [0.25, 0.3) is 22.0 Å². The average Bonchev–Trinajstić information content (AvgIpc) is 3.96. The first kappa shape index (κ1) is 33.7. The number of benzene rings is 3. The number of halogens is 2. The maximum Gasteiger partial charge on any atom is 0.341 e. The predicted molar refractivity (Wildman–Crippen MR) is 189 cm³/mol. The van der Waals surface area contributed by atoms with Crippen molar-refractivity contribution in [3.05, 3.63) is 99.0 Å². The van der Waals surface area contributed by atoms with Crippen molar-refractivity contribution in [2.24, 2.45) is 0 Å². The number of piperazine rings is 1. The minimum absolute atomic E-state index is 0.0467. The van der Waals surface area contributed by atoms with E-state index < -0.39 is 28.6 Å². The number of anilines is 3. The molecule has 3 aromatic carbocycles. The molecule has 12 nitrogen and oxygen atoms in total. The number of nitrogens with two attached hydrogens (primary N) is 2. The van der Waals surface area contributed by atoms with Gasteiger partial charge in [-0.1, -0.05) is 24.3 Å². The lowest BCUT2D eigenvalue weighted by Crippen LogP contribution is -2.46. The Bertz CT molecular complexity index is 2220. The highest BCUT2D eigenvalue weighted by molar-refractivity contribution is 5.94. The number of carboxylic acids is 1. The van der Waals surface area contributed by atoms with Gasteiger partial charge in [0.05, 0.1) is 25.1 Å². The fourth-order valence-electron chi connectivity index (χ4n) is 6.82. The van der Waals surface area contributed by atoms with E-state index in [1.165, 1.54) is 10.8 Å². The molecule has 2 aliphatic rings. The maximum absolute atomic E-state index is 16.1. The van der Waals surface area contributed by atoms with Crippen LogP contribution in [0, 0.1) is 11.6 Å². The zero-order chi connectivity index (χ0) is 36.0. The molecule has 51 heavy (non-hydrogen) atoms. The number of aromatic carboxylic acids is 1. The Hall–Kier alpha value is -5.76. The molecule has 0 bridgehead atoms. The van der Waals surface area contributed by atoms with Gasteiger partial charge in [0.2, 0.25) is 11.4 Å². The van der Waals surface area contributed by atoms with Crippen LogP contribution in [0.5, 0.6) is 11.5 Å². The first-order chi connectivity index (χ1) is 24.6. The first-order valence-corrected chi connectivity index (χ1v) is 16.5. The van der Waals surface area contributed by atoms with Gasteiger partial charge in [0, 0.05) is 68.7 Å². The summed E-state index contributed by atoms with van der Waals surface area (Å²) in [5.74, 6) is -1.55. The Labute approximate surface area is 291 Å². The minimum atomic E-state index is -1.42. The molecule has 0 spiro atoms. The van der Waals surface area contributed by atoms with Crippen LogP contribution < -0.4 is 31.3 Å². The molecular formula is C37H37F2N7O5. The first-order valence-electron chi connectivity index (χ1n) is 16.5. The van der Waals surface area contributed by atoms with E-state index in [9.17, 15) is 14.7 Å². The van der Waals surface area contributed by atoms with Crippen LogP contribution >= 0.6 is 0 Å². The highest BCUT2D eigenvalue weighted by Crippen LogP contribution is 2.41. The molecule has 2 aromatic heterocycles. The number of aromatic nitrogens is 3. The summed E-state index contributed by atoms with van der Waals surface area (Å²) in [4.78, 5) is 36.6. The lowest BCUT2D eigenvalue weighted by atomic mass is 9.97. The van der Waals surface area contributed by atoms with E-state index in [0.717, 1.165) is 46.7 Å². The van der Waals surface area contributed by atoms with Crippen molar-refractivity contribution in [1.29, 1.82) is 0 Å². The van der Waals surface area contributed by atoms with Crippen molar-refractivity contribution in [3.63, 3.8) is 0 Å². The summed E-state index contributed by atoms with van der Waals surface area (Å²) in [6, 6.07) is 12.9. The summed E-state index contributed by atoms with van der Waals surface area (Å²) in [6.07, 6.45) is 4.72. The standard InChI is InChI=1S/C37H37F2N7O5/c1-50-29-15-21(13-23-17-42-37(41)43-35(23)40)14-25(34(29)51-2)22-5-3-20(4-6-22)18-44-9-11-45(12-10-44)32-28(38)16-26-31(30(32)39)46(24-7-8-24)19-27(33(26)47)36(48)49/h3-6,14-17,19,24H,7-13,18H2,1-2H3,(H,48,49)(H4,40,41,42,43). The summed E-state index contributed by atoms with van der Waals surface area (Å²) in [6.45, 7) is 2.47. The Kier molecular flexibility index (Phi) is 8.93. The second kappa shape index (κ2) is 13.5. The van der Waals surface area contributed by atoms with Crippen molar-refractivity contribution in [2.45, 2.75) is 31.8 Å². The fraction of sp³-hybridized carbons (Fsp3) is 0.297. The Morgan fingerprint density at radius 1 is 1.00 bits per heavy atom. The number of nitrogen functional groups attached to an aromatic ring is 2.